The summed E-state index contributed by atoms with van der Waals surface area (Å²) in [5, 5.41) is 5.27. The van der Waals surface area contributed by atoms with Gasteiger partial charge in [0.05, 0.1) is 10.9 Å². The van der Waals surface area contributed by atoms with Crippen molar-refractivity contribution in [3.63, 3.8) is 0 Å². The number of rotatable bonds is 3. The van der Waals surface area contributed by atoms with Crippen LogP contribution >= 0.6 is 23.1 Å². The van der Waals surface area contributed by atoms with Crippen molar-refractivity contribution in [1.29, 1.82) is 0 Å². The molecule has 1 aromatic heterocycles. The summed E-state index contributed by atoms with van der Waals surface area (Å²) < 4.78 is 0. The topological polar surface area (TPSA) is 24.9 Å². The van der Waals surface area contributed by atoms with Crippen LogP contribution in [0.4, 0.5) is 0 Å². The van der Waals surface area contributed by atoms with Crippen LogP contribution in [0.2, 0.25) is 0 Å². The Bertz CT molecular complexity index is 373. The molecule has 1 unspecified atom stereocenters. The van der Waals surface area contributed by atoms with Gasteiger partial charge in [0.1, 0.15) is 5.01 Å². The molecule has 4 heteroatoms. The minimum absolute atomic E-state index is 0.157. The average Bonchev–Trinajstić information content (AvgIpc) is 2.82. The number of aromatic nitrogens is 1. The Balaban J connectivity index is 2.29. The summed E-state index contributed by atoms with van der Waals surface area (Å²) in [4.78, 5) is 6.36. The third-order valence-corrected chi connectivity index (χ3v) is 5.67. The SMILES string of the molecule is CNCc1sc(C2CCCS2)nc1C(C)(C)C. The van der Waals surface area contributed by atoms with Crippen LogP contribution < -0.4 is 5.32 Å². The fourth-order valence-corrected chi connectivity index (χ4v) is 4.95. The largest absolute Gasteiger partial charge is 0.315 e. The maximum Gasteiger partial charge on any atom is 0.106 e. The van der Waals surface area contributed by atoms with Crippen LogP contribution in [0.1, 0.15) is 54.4 Å². The van der Waals surface area contributed by atoms with Gasteiger partial charge in [-0.3, -0.25) is 0 Å². The van der Waals surface area contributed by atoms with E-state index in [0.717, 1.165) is 6.54 Å². The standard InChI is InChI=1S/C13H22N2S2/c1-13(2,3)11-10(8-14-4)17-12(15-11)9-6-5-7-16-9/h9,14H,5-8H2,1-4H3. The molecule has 1 aliphatic rings. The van der Waals surface area contributed by atoms with Gasteiger partial charge in [-0.25, -0.2) is 4.98 Å². The predicted octanol–water partition coefficient (Wildman–Crippen LogP) is 3.73. The highest BCUT2D eigenvalue weighted by Crippen LogP contribution is 2.43. The minimum Gasteiger partial charge on any atom is -0.315 e. The first-order chi connectivity index (χ1) is 8.02. The quantitative estimate of drug-likeness (QED) is 0.906. The highest BCUT2D eigenvalue weighted by molar-refractivity contribution is 7.99. The van der Waals surface area contributed by atoms with E-state index in [2.05, 4.69) is 37.8 Å². The molecule has 1 aromatic rings. The van der Waals surface area contributed by atoms with E-state index in [-0.39, 0.29) is 5.41 Å². The van der Waals surface area contributed by atoms with Crippen molar-refractivity contribution in [2.75, 3.05) is 12.8 Å². The average molecular weight is 270 g/mol. The van der Waals surface area contributed by atoms with E-state index in [0.29, 0.717) is 5.25 Å². The summed E-state index contributed by atoms with van der Waals surface area (Å²) in [7, 11) is 2.01. The fraction of sp³-hybridized carbons (Fsp3) is 0.769. The van der Waals surface area contributed by atoms with Gasteiger partial charge in [0.25, 0.3) is 0 Å². The molecule has 0 aliphatic carbocycles. The van der Waals surface area contributed by atoms with E-state index in [1.807, 2.05) is 18.4 Å². The van der Waals surface area contributed by atoms with Gasteiger partial charge < -0.3 is 5.32 Å². The van der Waals surface area contributed by atoms with Crippen molar-refractivity contribution in [2.24, 2.45) is 0 Å². The number of hydrogen-bond acceptors (Lipinski definition) is 4. The first-order valence-corrected chi connectivity index (χ1v) is 8.15. The summed E-state index contributed by atoms with van der Waals surface area (Å²) >= 11 is 3.99. The van der Waals surface area contributed by atoms with Gasteiger partial charge in [0.15, 0.2) is 0 Å². The molecule has 0 bridgehead atoms. The molecule has 1 fully saturated rings. The zero-order valence-electron chi connectivity index (χ0n) is 11.2. The molecule has 0 amide bonds. The Kier molecular flexibility index (Phi) is 4.16. The van der Waals surface area contributed by atoms with Gasteiger partial charge in [-0.15, -0.1) is 11.3 Å². The van der Waals surface area contributed by atoms with Gasteiger partial charge >= 0.3 is 0 Å². The second-order valence-electron chi connectivity index (χ2n) is 5.61. The van der Waals surface area contributed by atoms with Crippen molar-refractivity contribution in [1.82, 2.24) is 10.3 Å². The Labute approximate surface area is 113 Å². The smallest absolute Gasteiger partial charge is 0.106 e. The number of nitrogens with zero attached hydrogens (tertiary/aromatic N) is 1. The molecule has 2 nitrogen and oxygen atoms in total. The van der Waals surface area contributed by atoms with Gasteiger partial charge in [-0.1, -0.05) is 20.8 Å². The molecule has 0 spiro atoms. The van der Waals surface area contributed by atoms with E-state index in [9.17, 15) is 0 Å². The molecule has 1 N–H and O–H groups in total. The zero-order chi connectivity index (χ0) is 12.5. The highest BCUT2D eigenvalue weighted by atomic mass is 32.2. The lowest BCUT2D eigenvalue weighted by atomic mass is 9.91. The van der Waals surface area contributed by atoms with Gasteiger partial charge in [-0.05, 0) is 25.6 Å². The van der Waals surface area contributed by atoms with Crippen LogP contribution in [0.3, 0.4) is 0 Å². The summed E-state index contributed by atoms with van der Waals surface area (Å²) in [6, 6.07) is 0. The normalized spacial score (nSPS) is 21.1. The lowest BCUT2D eigenvalue weighted by molar-refractivity contribution is 0.560. The van der Waals surface area contributed by atoms with Gasteiger partial charge in [0, 0.05) is 16.8 Å². The van der Waals surface area contributed by atoms with Crippen LogP contribution in [0, 0.1) is 0 Å². The molecule has 17 heavy (non-hydrogen) atoms. The van der Waals surface area contributed by atoms with E-state index >= 15 is 0 Å². The predicted molar refractivity (Wildman–Crippen MR) is 78.0 cm³/mol. The fourth-order valence-electron chi connectivity index (χ4n) is 2.15. The maximum atomic E-state index is 4.94. The zero-order valence-corrected chi connectivity index (χ0v) is 12.8. The van der Waals surface area contributed by atoms with E-state index in [1.165, 1.54) is 34.2 Å². The molecule has 0 aromatic carbocycles. The van der Waals surface area contributed by atoms with Crippen molar-refractivity contribution in [3.8, 4) is 0 Å². The summed E-state index contributed by atoms with van der Waals surface area (Å²) in [5.74, 6) is 1.30. The van der Waals surface area contributed by atoms with E-state index in [4.69, 9.17) is 4.98 Å². The lowest BCUT2D eigenvalue weighted by Gasteiger charge is -2.17. The first kappa shape index (κ1) is 13.4. The molecule has 1 aliphatic heterocycles. The molecular weight excluding hydrogens is 248 g/mol. The minimum atomic E-state index is 0.157. The summed E-state index contributed by atoms with van der Waals surface area (Å²) in [6.45, 7) is 7.72. The molecule has 0 radical (unpaired) electrons. The maximum absolute atomic E-state index is 4.94. The molecule has 2 heterocycles. The number of hydrogen-bond donors (Lipinski definition) is 1. The molecule has 96 valence electrons. The van der Waals surface area contributed by atoms with E-state index in [1.54, 1.807) is 0 Å². The van der Waals surface area contributed by atoms with Crippen molar-refractivity contribution in [2.45, 2.75) is 50.8 Å². The second-order valence-corrected chi connectivity index (χ2v) is 8.03. The van der Waals surface area contributed by atoms with Gasteiger partial charge in [0.2, 0.25) is 0 Å². The van der Waals surface area contributed by atoms with E-state index < -0.39 is 0 Å². The Morgan fingerprint density at radius 3 is 2.71 bits per heavy atom. The Hall–Kier alpha value is -0.0600. The Morgan fingerprint density at radius 1 is 1.41 bits per heavy atom. The molecule has 1 saturated heterocycles. The van der Waals surface area contributed by atoms with Crippen LogP contribution in [0.15, 0.2) is 0 Å². The third-order valence-electron chi connectivity index (χ3n) is 2.97. The number of thioether (sulfide) groups is 1. The van der Waals surface area contributed by atoms with Crippen LogP contribution in [-0.4, -0.2) is 17.8 Å². The third kappa shape index (κ3) is 3.04. The van der Waals surface area contributed by atoms with Crippen molar-refractivity contribution in [3.05, 3.63) is 15.6 Å². The molecule has 1 atom stereocenters. The lowest BCUT2D eigenvalue weighted by Crippen LogP contribution is -2.16. The van der Waals surface area contributed by atoms with Crippen LogP contribution in [-0.2, 0) is 12.0 Å². The first-order valence-electron chi connectivity index (χ1n) is 6.28. The summed E-state index contributed by atoms with van der Waals surface area (Å²) in [6.07, 6.45) is 2.65. The van der Waals surface area contributed by atoms with Crippen LogP contribution in [0.25, 0.3) is 0 Å². The van der Waals surface area contributed by atoms with Gasteiger partial charge in [-0.2, -0.15) is 11.8 Å². The van der Waals surface area contributed by atoms with Crippen molar-refractivity contribution < 1.29 is 0 Å². The number of thiazole rings is 1. The molecular formula is C13H22N2S2. The number of nitrogens with one attached hydrogen (secondary N) is 1. The van der Waals surface area contributed by atoms with Crippen molar-refractivity contribution >= 4 is 23.1 Å². The molecule has 0 saturated carbocycles. The summed E-state index contributed by atoms with van der Waals surface area (Å²) in [5.41, 5.74) is 1.45. The monoisotopic (exact) mass is 270 g/mol. The Morgan fingerprint density at radius 2 is 2.18 bits per heavy atom. The van der Waals surface area contributed by atoms with Crippen LogP contribution in [0.5, 0.6) is 0 Å². The second kappa shape index (κ2) is 5.29. The molecule has 2 rings (SSSR count). The highest BCUT2D eigenvalue weighted by Gasteiger charge is 2.27.